The lowest BCUT2D eigenvalue weighted by Gasteiger charge is -2.30. The van der Waals surface area contributed by atoms with Gasteiger partial charge in [-0.2, -0.15) is 0 Å². The molecule has 33 heavy (non-hydrogen) atoms. The van der Waals surface area contributed by atoms with Gasteiger partial charge in [0.1, 0.15) is 5.76 Å². The normalized spacial score (nSPS) is 14.3. The van der Waals surface area contributed by atoms with E-state index in [4.69, 9.17) is 21.0 Å². The highest BCUT2D eigenvalue weighted by Gasteiger charge is 2.27. The smallest absolute Gasteiger partial charge is 0.262 e. The number of aromatic nitrogens is 2. The van der Waals surface area contributed by atoms with E-state index in [0.29, 0.717) is 39.9 Å². The summed E-state index contributed by atoms with van der Waals surface area (Å²) in [5.74, 6) is 0.667. The topological polar surface area (TPSA) is 68.3 Å². The van der Waals surface area contributed by atoms with Gasteiger partial charge in [-0.3, -0.25) is 14.2 Å². The summed E-state index contributed by atoms with van der Waals surface area (Å²) < 4.78 is 7.03. The average Bonchev–Trinajstić information content (AvgIpc) is 3.34. The Kier molecular flexibility index (Phi) is 6.00. The van der Waals surface area contributed by atoms with E-state index >= 15 is 0 Å². The van der Waals surface area contributed by atoms with Gasteiger partial charge < -0.3 is 9.32 Å². The molecule has 0 bridgehead atoms. The van der Waals surface area contributed by atoms with Crippen molar-refractivity contribution in [3.8, 4) is 0 Å². The Bertz CT molecular complexity index is 1380. The molecule has 2 aromatic heterocycles. The molecular formula is C25H22ClN3O3S. The van der Waals surface area contributed by atoms with E-state index in [1.54, 1.807) is 35.1 Å². The van der Waals surface area contributed by atoms with Crippen molar-refractivity contribution in [2.24, 2.45) is 0 Å². The predicted molar refractivity (Wildman–Crippen MR) is 130 cm³/mol. The fraction of sp³-hybridized carbons (Fsp3) is 0.240. The number of thioether (sulfide) groups is 1. The lowest BCUT2D eigenvalue weighted by molar-refractivity contribution is -0.131. The lowest BCUT2D eigenvalue weighted by Crippen LogP contribution is -2.40. The van der Waals surface area contributed by atoms with Crippen molar-refractivity contribution in [2.75, 3.05) is 6.54 Å². The maximum atomic E-state index is 13.3. The molecule has 0 fully saturated rings. The molecule has 168 valence electrons. The van der Waals surface area contributed by atoms with Gasteiger partial charge in [-0.05, 0) is 54.8 Å². The standard InChI is InChI=1S/C25H22ClN3O3S/c1-16(23(30)28-11-10-17-5-2-3-6-18(17)14-28)33-25-27-22-13-19(26)8-9-21(22)24(31)29(25)15-20-7-4-12-32-20/h2-9,12-13,16H,10-11,14-15H2,1H3/t16-/m0/s1. The number of rotatable bonds is 5. The Morgan fingerprint density at radius 1 is 1.18 bits per heavy atom. The number of carbonyl (C=O) groups is 1. The molecule has 4 aromatic rings. The molecule has 5 rings (SSSR count). The third kappa shape index (κ3) is 4.43. The van der Waals surface area contributed by atoms with Crippen LogP contribution in [0.25, 0.3) is 10.9 Å². The number of hydrogen-bond acceptors (Lipinski definition) is 5. The molecule has 0 N–H and O–H groups in total. The number of fused-ring (bicyclic) bond motifs is 2. The van der Waals surface area contributed by atoms with E-state index in [0.717, 1.165) is 6.42 Å². The summed E-state index contributed by atoms with van der Waals surface area (Å²) >= 11 is 7.43. The molecule has 1 aliphatic heterocycles. The molecular weight excluding hydrogens is 458 g/mol. The molecule has 2 aromatic carbocycles. The highest BCUT2D eigenvalue weighted by Crippen LogP contribution is 2.27. The van der Waals surface area contributed by atoms with E-state index < -0.39 is 5.25 Å². The van der Waals surface area contributed by atoms with E-state index in [1.807, 2.05) is 30.0 Å². The molecule has 8 heteroatoms. The summed E-state index contributed by atoms with van der Waals surface area (Å²) in [5, 5.41) is 1.03. The van der Waals surface area contributed by atoms with E-state index in [9.17, 15) is 9.59 Å². The van der Waals surface area contributed by atoms with Crippen LogP contribution in [0.4, 0.5) is 0 Å². The fourth-order valence-corrected chi connectivity index (χ4v) is 5.27. The Morgan fingerprint density at radius 3 is 2.79 bits per heavy atom. The number of carbonyl (C=O) groups excluding carboxylic acids is 1. The minimum atomic E-state index is -0.415. The van der Waals surface area contributed by atoms with Gasteiger partial charge in [0.05, 0.1) is 29.0 Å². The van der Waals surface area contributed by atoms with Crippen LogP contribution in [0.1, 0.15) is 23.8 Å². The first kappa shape index (κ1) is 21.8. The van der Waals surface area contributed by atoms with E-state index in [1.165, 1.54) is 22.9 Å². The maximum Gasteiger partial charge on any atom is 0.262 e. The van der Waals surface area contributed by atoms with Gasteiger partial charge in [-0.25, -0.2) is 4.98 Å². The largest absolute Gasteiger partial charge is 0.467 e. The quantitative estimate of drug-likeness (QED) is 0.305. The number of hydrogen-bond donors (Lipinski definition) is 0. The third-order valence-electron chi connectivity index (χ3n) is 5.85. The Balaban J connectivity index is 1.45. The molecule has 0 saturated carbocycles. The van der Waals surface area contributed by atoms with Crippen LogP contribution in [0.5, 0.6) is 0 Å². The number of halogens is 1. The monoisotopic (exact) mass is 479 g/mol. The van der Waals surface area contributed by atoms with Crippen LogP contribution in [0.2, 0.25) is 5.02 Å². The van der Waals surface area contributed by atoms with Crippen molar-refractivity contribution in [1.82, 2.24) is 14.5 Å². The number of amides is 1. The minimum Gasteiger partial charge on any atom is -0.467 e. The minimum absolute atomic E-state index is 0.0273. The third-order valence-corrected chi connectivity index (χ3v) is 7.16. The van der Waals surface area contributed by atoms with Gasteiger partial charge in [-0.1, -0.05) is 47.6 Å². The Morgan fingerprint density at radius 2 is 2.00 bits per heavy atom. The van der Waals surface area contributed by atoms with Gasteiger partial charge in [-0.15, -0.1) is 0 Å². The number of nitrogens with zero attached hydrogens (tertiary/aromatic N) is 3. The average molecular weight is 480 g/mol. The molecule has 0 saturated heterocycles. The summed E-state index contributed by atoms with van der Waals surface area (Å²) in [4.78, 5) is 33.2. The molecule has 1 atom stereocenters. The lowest BCUT2D eigenvalue weighted by atomic mass is 10.00. The van der Waals surface area contributed by atoms with Gasteiger partial charge in [0.25, 0.3) is 5.56 Å². The zero-order valence-corrected chi connectivity index (χ0v) is 19.6. The van der Waals surface area contributed by atoms with Gasteiger partial charge in [0.15, 0.2) is 5.16 Å². The van der Waals surface area contributed by atoms with E-state index in [2.05, 4.69) is 12.1 Å². The molecule has 1 amide bonds. The van der Waals surface area contributed by atoms with Gasteiger partial charge in [0.2, 0.25) is 5.91 Å². The van der Waals surface area contributed by atoms with Crippen molar-refractivity contribution < 1.29 is 9.21 Å². The molecule has 0 unspecified atom stereocenters. The molecule has 0 aliphatic carbocycles. The second-order valence-electron chi connectivity index (χ2n) is 8.07. The predicted octanol–water partition coefficient (Wildman–Crippen LogP) is 4.76. The first-order valence-corrected chi connectivity index (χ1v) is 12.0. The maximum absolute atomic E-state index is 13.3. The van der Waals surface area contributed by atoms with Gasteiger partial charge in [0, 0.05) is 18.1 Å². The highest BCUT2D eigenvalue weighted by molar-refractivity contribution is 8.00. The fourth-order valence-electron chi connectivity index (χ4n) is 4.11. The molecule has 3 heterocycles. The zero-order chi connectivity index (χ0) is 22.9. The van der Waals surface area contributed by atoms with Gasteiger partial charge >= 0.3 is 0 Å². The molecule has 1 aliphatic rings. The summed E-state index contributed by atoms with van der Waals surface area (Å²) in [5.41, 5.74) is 2.80. The van der Waals surface area contributed by atoms with Crippen LogP contribution in [0.3, 0.4) is 0 Å². The zero-order valence-electron chi connectivity index (χ0n) is 18.0. The Hall–Kier alpha value is -3.03. The molecule has 0 spiro atoms. The van der Waals surface area contributed by atoms with Crippen LogP contribution in [0.15, 0.2) is 75.2 Å². The van der Waals surface area contributed by atoms with Crippen LogP contribution in [-0.2, 0) is 24.3 Å². The van der Waals surface area contributed by atoms with Crippen molar-refractivity contribution in [2.45, 2.75) is 36.8 Å². The van der Waals surface area contributed by atoms with Crippen molar-refractivity contribution >= 4 is 40.2 Å². The number of benzene rings is 2. The van der Waals surface area contributed by atoms with Crippen molar-refractivity contribution in [3.63, 3.8) is 0 Å². The van der Waals surface area contributed by atoms with Crippen molar-refractivity contribution in [1.29, 1.82) is 0 Å². The summed E-state index contributed by atoms with van der Waals surface area (Å²) in [7, 11) is 0. The van der Waals surface area contributed by atoms with Crippen LogP contribution >= 0.6 is 23.4 Å². The second kappa shape index (κ2) is 9.08. The summed E-state index contributed by atoms with van der Waals surface area (Å²) in [6.45, 7) is 3.37. The van der Waals surface area contributed by atoms with E-state index in [-0.39, 0.29) is 18.0 Å². The first-order valence-electron chi connectivity index (χ1n) is 10.7. The highest BCUT2D eigenvalue weighted by atomic mass is 35.5. The van der Waals surface area contributed by atoms with Crippen LogP contribution in [0, 0.1) is 0 Å². The van der Waals surface area contributed by atoms with Crippen LogP contribution < -0.4 is 5.56 Å². The molecule has 0 radical (unpaired) electrons. The number of furan rings is 1. The first-order chi connectivity index (χ1) is 16.0. The Labute approximate surface area is 200 Å². The second-order valence-corrected chi connectivity index (χ2v) is 9.81. The SMILES string of the molecule is C[C@H](Sc1nc2cc(Cl)ccc2c(=O)n1Cc1ccco1)C(=O)N1CCc2ccccc2C1. The summed E-state index contributed by atoms with van der Waals surface area (Å²) in [6.07, 6.45) is 2.41. The summed E-state index contributed by atoms with van der Waals surface area (Å²) in [6, 6.07) is 16.8. The molecule has 6 nitrogen and oxygen atoms in total. The van der Waals surface area contributed by atoms with Crippen LogP contribution in [-0.4, -0.2) is 32.2 Å². The van der Waals surface area contributed by atoms with Crippen molar-refractivity contribution in [3.05, 3.63) is 93.1 Å².